The van der Waals surface area contributed by atoms with E-state index in [4.69, 9.17) is 4.74 Å². The van der Waals surface area contributed by atoms with Crippen LogP contribution in [0.3, 0.4) is 0 Å². The first-order valence-electron chi connectivity index (χ1n) is 7.11. The Balaban J connectivity index is 2.14. The van der Waals surface area contributed by atoms with Gasteiger partial charge in [-0.2, -0.15) is 5.10 Å². The number of esters is 1. The molecule has 1 aromatic heterocycles. The van der Waals surface area contributed by atoms with Gasteiger partial charge < -0.3 is 10.1 Å². The van der Waals surface area contributed by atoms with E-state index in [-0.39, 0.29) is 11.8 Å². The van der Waals surface area contributed by atoms with E-state index in [0.29, 0.717) is 5.56 Å². The first kappa shape index (κ1) is 17.2. The van der Waals surface area contributed by atoms with Crippen LogP contribution in [0.2, 0.25) is 0 Å². The van der Waals surface area contributed by atoms with Crippen molar-refractivity contribution in [1.29, 1.82) is 0 Å². The predicted octanol–water partition coefficient (Wildman–Crippen LogP) is 2.56. The number of nitrogens with zero attached hydrogens (tertiary/aromatic N) is 2. The molecule has 0 bridgehead atoms. The summed E-state index contributed by atoms with van der Waals surface area (Å²) < 4.78 is 7.28. The lowest BCUT2D eigenvalue weighted by atomic mass is 10.0. The Bertz CT molecular complexity index is 695. The molecular formula is C16H18BrN3O3. The molecule has 1 aromatic carbocycles. The van der Waals surface area contributed by atoms with Gasteiger partial charge >= 0.3 is 5.97 Å². The summed E-state index contributed by atoms with van der Waals surface area (Å²) in [5.74, 6) is -0.904. The van der Waals surface area contributed by atoms with E-state index < -0.39 is 12.0 Å². The molecule has 0 saturated heterocycles. The number of hydrogen-bond acceptors (Lipinski definition) is 4. The van der Waals surface area contributed by atoms with Crippen molar-refractivity contribution < 1.29 is 14.3 Å². The van der Waals surface area contributed by atoms with Gasteiger partial charge in [-0.05, 0) is 30.2 Å². The van der Waals surface area contributed by atoms with Crippen LogP contribution in [-0.2, 0) is 9.53 Å². The first-order valence-corrected chi connectivity index (χ1v) is 7.91. The highest BCUT2D eigenvalue weighted by Crippen LogP contribution is 2.14. The van der Waals surface area contributed by atoms with Gasteiger partial charge in [0.25, 0.3) is 5.91 Å². The molecule has 0 radical (unpaired) electrons. The average molecular weight is 380 g/mol. The van der Waals surface area contributed by atoms with E-state index in [1.54, 1.807) is 10.9 Å². The first-order chi connectivity index (χ1) is 10.9. The van der Waals surface area contributed by atoms with Crippen molar-refractivity contribution in [3.05, 3.63) is 46.7 Å². The fourth-order valence-electron chi connectivity index (χ4n) is 2.02. The molecule has 2 rings (SSSR count). The summed E-state index contributed by atoms with van der Waals surface area (Å²) in [6, 6.07) is 6.85. The van der Waals surface area contributed by atoms with Crippen LogP contribution in [0, 0.1) is 5.92 Å². The van der Waals surface area contributed by atoms with Crippen molar-refractivity contribution in [2.24, 2.45) is 5.92 Å². The monoisotopic (exact) mass is 379 g/mol. The third kappa shape index (κ3) is 4.19. The molecule has 0 saturated carbocycles. The summed E-state index contributed by atoms with van der Waals surface area (Å²) in [4.78, 5) is 24.0. The Morgan fingerprint density at radius 2 is 1.91 bits per heavy atom. The predicted molar refractivity (Wildman–Crippen MR) is 89.4 cm³/mol. The maximum absolute atomic E-state index is 12.3. The van der Waals surface area contributed by atoms with Gasteiger partial charge in [0.2, 0.25) is 0 Å². The second-order valence-electron chi connectivity index (χ2n) is 5.37. The van der Waals surface area contributed by atoms with E-state index in [1.807, 2.05) is 38.1 Å². The molecule has 1 N–H and O–H groups in total. The quantitative estimate of drug-likeness (QED) is 0.810. The highest BCUT2D eigenvalue weighted by atomic mass is 79.9. The van der Waals surface area contributed by atoms with Crippen LogP contribution in [0.4, 0.5) is 0 Å². The number of benzene rings is 1. The Labute approximate surface area is 143 Å². The number of amides is 1. The summed E-state index contributed by atoms with van der Waals surface area (Å²) in [6.45, 7) is 3.68. The number of ether oxygens (including phenoxy) is 1. The number of methoxy groups -OCH3 is 1. The Morgan fingerprint density at radius 3 is 2.48 bits per heavy atom. The second kappa shape index (κ2) is 7.41. The van der Waals surface area contributed by atoms with Crippen LogP contribution in [0.5, 0.6) is 0 Å². The Kier molecular flexibility index (Phi) is 5.54. The Hall–Kier alpha value is -2.15. The van der Waals surface area contributed by atoms with Crippen LogP contribution in [-0.4, -0.2) is 34.8 Å². The van der Waals surface area contributed by atoms with E-state index in [0.717, 1.165) is 10.2 Å². The lowest BCUT2D eigenvalue weighted by molar-refractivity contribution is -0.144. The minimum Gasteiger partial charge on any atom is -0.467 e. The van der Waals surface area contributed by atoms with E-state index in [2.05, 4.69) is 26.3 Å². The minimum absolute atomic E-state index is 0.0760. The van der Waals surface area contributed by atoms with Crippen molar-refractivity contribution >= 4 is 27.8 Å². The summed E-state index contributed by atoms with van der Waals surface area (Å²) in [5.41, 5.74) is 1.21. The third-order valence-electron chi connectivity index (χ3n) is 3.34. The SMILES string of the molecule is COC(=O)C(NC(=O)c1cnn(-c2ccc(Br)cc2)c1)C(C)C. The van der Waals surface area contributed by atoms with Gasteiger partial charge in [0.05, 0.1) is 24.6 Å². The average Bonchev–Trinajstić information content (AvgIpc) is 3.02. The fourth-order valence-corrected chi connectivity index (χ4v) is 2.29. The molecule has 0 fully saturated rings. The molecule has 0 spiro atoms. The molecule has 23 heavy (non-hydrogen) atoms. The van der Waals surface area contributed by atoms with Crippen molar-refractivity contribution in [3.8, 4) is 5.69 Å². The summed E-state index contributed by atoms with van der Waals surface area (Å²) in [5, 5.41) is 6.86. The third-order valence-corrected chi connectivity index (χ3v) is 3.87. The lowest BCUT2D eigenvalue weighted by Gasteiger charge is -2.19. The molecule has 0 aliphatic rings. The van der Waals surface area contributed by atoms with Gasteiger partial charge in [-0.3, -0.25) is 4.79 Å². The van der Waals surface area contributed by atoms with Crippen molar-refractivity contribution in [2.45, 2.75) is 19.9 Å². The van der Waals surface area contributed by atoms with Gasteiger partial charge in [0.15, 0.2) is 0 Å². The molecule has 122 valence electrons. The topological polar surface area (TPSA) is 73.2 Å². The zero-order valence-corrected chi connectivity index (χ0v) is 14.7. The van der Waals surface area contributed by atoms with E-state index in [9.17, 15) is 9.59 Å². The zero-order valence-electron chi connectivity index (χ0n) is 13.1. The smallest absolute Gasteiger partial charge is 0.328 e. The molecule has 6 nitrogen and oxygen atoms in total. The van der Waals surface area contributed by atoms with Gasteiger partial charge in [0, 0.05) is 10.7 Å². The highest BCUT2D eigenvalue weighted by Gasteiger charge is 2.25. The Morgan fingerprint density at radius 1 is 1.26 bits per heavy atom. The van der Waals surface area contributed by atoms with E-state index >= 15 is 0 Å². The summed E-state index contributed by atoms with van der Waals surface area (Å²) >= 11 is 3.37. The number of carbonyl (C=O) groups excluding carboxylic acids is 2. The van der Waals surface area contributed by atoms with Gasteiger partial charge in [-0.25, -0.2) is 9.48 Å². The number of carbonyl (C=O) groups is 2. The number of rotatable bonds is 5. The molecule has 7 heteroatoms. The highest BCUT2D eigenvalue weighted by molar-refractivity contribution is 9.10. The number of nitrogens with one attached hydrogen (secondary N) is 1. The van der Waals surface area contributed by atoms with Crippen molar-refractivity contribution in [3.63, 3.8) is 0 Å². The van der Waals surface area contributed by atoms with Crippen LogP contribution < -0.4 is 5.32 Å². The summed E-state index contributed by atoms with van der Waals surface area (Å²) in [7, 11) is 1.30. The second-order valence-corrected chi connectivity index (χ2v) is 6.28. The minimum atomic E-state index is -0.691. The number of halogens is 1. The molecule has 1 unspecified atom stereocenters. The molecule has 1 atom stereocenters. The standard InChI is InChI=1S/C16H18BrN3O3/c1-10(2)14(16(22)23-3)19-15(21)11-8-18-20(9-11)13-6-4-12(17)5-7-13/h4-10,14H,1-3H3,(H,19,21). The largest absolute Gasteiger partial charge is 0.467 e. The van der Waals surface area contributed by atoms with Crippen LogP contribution >= 0.6 is 15.9 Å². The van der Waals surface area contributed by atoms with Crippen LogP contribution in [0.15, 0.2) is 41.1 Å². The zero-order chi connectivity index (χ0) is 17.0. The van der Waals surface area contributed by atoms with Crippen molar-refractivity contribution in [2.75, 3.05) is 7.11 Å². The number of aromatic nitrogens is 2. The molecule has 1 heterocycles. The molecule has 0 aliphatic heterocycles. The van der Waals surface area contributed by atoms with Crippen LogP contribution in [0.25, 0.3) is 5.69 Å². The number of hydrogen-bond donors (Lipinski definition) is 1. The lowest BCUT2D eigenvalue weighted by Crippen LogP contribution is -2.44. The maximum atomic E-state index is 12.3. The van der Waals surface area contributed by atoms with Gasteiger partial charge in [-0.15, -0.1) is 0 Å². The normalized spacial score (nSPS) is 12.0. The molecule has 0 aliphatic carbocycles. The fraction of sp³-hybridized carbons (Fsp3) is 0.312. The van der Waals surface area contributed by atoms with Gasteiger partial charge in [-0.1, -0.05) is 29.8 Å². The summed E-state index contributed by atoms with van der Waals surface area (Å²) in [6.07, 6.45) is 3.08. The molecular weight excluding hydrogens is 362 g/mol. The molecule has 1 amide bonds. The van der Waals surface area contributed by atoms with E-state index in [1.165, 1.54) is 13.3 Å². The van der Waals surface area contributed by atoms with Crippen molar-refractivity contribution in [1.82, 2.24) is 15.1 Å². The van der Waals surface area contributed by atoms with Gasteiger partial charge in [0.1, 0.15) is 6.04 Å². The molecule has 2 aromatic rings. The van der Waals surface area contributed by atoms with Crippen LogP contribution in [0.1, 0.15) is 24.2 Å². The maximum Gasteiger partial charge on any atom is 0.328 e.